The molecule has 2 rings (SSSR count). The molecule has 0 aliphatic rings. The van der Waals surface area contributed by atoms with Gasteiger partial charge in [-0.15, -0.1) is 0 Å². The first-order valence-electron chi connectivity index (χ1n) is 5.68. The third-order valence-corrected chi connectivity index (χ3v) is 3.12. The average Bonchev–Trinajstić information content (AvgIpc) is 2.46. The summed E-state index contributed by atoms with van der Waals surface area (Å²) in [6.07, 6.45) is 0. The fourth-order valence-electron chi connectivity index (χ4n) is 1.86. The van der Waals surface area contributed by atoms with Crippen molar-refractivity contribution >= 4 is 17.6 Å². The first kappa shape index (κ1) is 13.9. The second kappa shape index (κ2) is 5.64. The number of nitrogens with zero attached hydrogens (tertiary/aromatic N) is 1. The number of carboxylic acids is 1. The van der Waals surface area contributed by atoms with Gasteiger partial charge in [-0.05, 0) is 29.8 Å². The van der Waals surface area contributed by atoms with Gasteiger partial charge in [0.25, 0.3) is 0 Å². The molecular weight excluding hydrogens is 278 g/mol. The fraction of sp³-hybridized carbons (Fsp3) is 0.0667. The highest BCUT2D eigenvalue weighted by atomic mass is 35.5. The highest BCUT2D eigenvalue weighted by molar-refractivity contribution is 6.34. The molecule has 2 aromatic rings. The second-order valence-corrected chi connectivity index (χ2v) is 4.44. The Morgan fingerprint density at radius 3 is 2.45 bits per heavy atom. The van der Waals surface area contributed by atoms with Crippen LogP contribution in [-0.4, -0.2) is 18.2 Å². The molecule has 0 bridgehead atoms. The zero-order chi connectivity index (χ0) is 14.7. The largest absolute Gasteiger partial charge is 0.496 e. The van der Waals surface area contributed by atoms with E-state index in [4.69, 9.17) is 26.7 Å². The summed E-state index contributed by atoms with van der Waals surface area (Å²) < 4.78 is 5.22. The van der Waals surface area contributed by atoms with E-state index in [0.717, 1.165) is 5.56 Å². The quantitative estimate of drug-likeness (QED) is 0.936. The SMILES string of the molecule is COc1cc(C(=O)O)cc(Cl)c1-c1ccc(C#N)cc1. The smallest absolute Gasteiger partial charge is 0.335 e. The summed E-state index contributed by atoms with van der Waals surface area (Å²) in [6.45, 7) is 0. The Labute approximate surface area is 120 Å². The Morgan fingerprint density at radius 2 is 1.95 bits per heavy atom. The average molecular weight is 288 g/mol. The molecule has 0 aliphatic heterocycles. The van der Waals surface area contributed by atoms with Gasteiger partial charge in [-0.1, -0.05) is 23.7 Å². The Hall–Kier alpha value is -2.51. The lowest BCUT2D eigenvalue weighted by Gasteiger charge is -2.12. The van der Waals surface area contributed by atoms with E-state index in [1.165, 1.54) is 19.2 Å². The number of rotatable bonds is 3. The molecular formula is C15H10ClNO3. The Bertz CT molecular complexity index is 702. The molecule has 100 valence electrons. The molecule has 0 spiro atoms. The van der Waals surface area contributed by atoms with Crippen LogP contribution in [0.25, 0.3) is 11.1 Å². The van der Waals surface area contributed by atoms with Crippen molar-refractivity contribution in [2.45, 2.75) is 0 Å². The summed E-state index contributed by atoms with van der Waals surface area (Å²) in [5.41, 5.74) is 1.95. The Balaban J connectivity index is 2.60. The molecule has 20 heavy (non-hydrogen) atoms. The van der Waals surface area contributed by atoms with Gasteiger partial charge in [-0.25, -0.2) is 4.79 Å². The van der Waals surface area contributed by atoms with Gasteiger partial charge < -0.3 is 9.84 Å². The molecule has 2 aromatic carbocycles. The van der Waals surface area contributed by atoms with Crippen LogP contribution in [0.15, 0.2) is 36.4 Å². The maximum Gasteiger partial charge on any atom is 0.335 e. The standard InChI is InChI=1S/C15H10ClNO3/c1-20-13-7-11(15(18)19)6-12(16)14(13)10-4-2-9(8-17)3-5-10/h2-7H,1H3,(H,18,19). The molecule has 4 nitrogen and oxygen atoms in total. The molecule has 0 fully saturated rings. The van der Waals surface area contributed by atoms with Crippen molar-refractivity contribution in [1.82, 2.24) is 0 Å². The van der Waals surface area contributed by atoms with Crippen molar-refractivity contribution in [3.63, 3.8) is 0 Å². The van der Waals surface area contributed by atoms with Crippen molar-refractivity contribution in [3.8, 4) is 22.9 Å². The van der Waals surface area contributed by atoms with E-state index >= 15 is 0 Å². The molecule has 0 amide bonds. The molecule has 1 N–H and O–H groups in total. The Kier molecular flexibility index (Phi) is 3.92. The Morgan fingerprint density at radius 1 is 1.30 bits per heavy atom. The van der Waals surface area contributed by atoms with Crippen molar-refractivity contribution in [1.29, 1.82) is 5.26 Å². The van der Waals surface area contributed by atoms with Crippen LogP contribution in [0.3, 0.4) is 0 Å². The molecule has 0 atom stereocenters. The monoisotopic (exact) mass is 287 g/mol. The number of carbonyl (C=O) groups is 1. The van der Waals surface area contributed by atoms with E-state index in [1.54, 1.807) is 24.3 Å². The van der Waals surface area contributed by atoms with E-state index < -0.39 is 5.97 Å². The van der Waals surface area contributed by atoms with Gasteiger partial charge >= 0.3 is 5.97 Å². The number of hydrogen-bond donors (Lipinski definition) is 1. The molecule has 0 aliphatic carbocycles. The van der Waals surface area contributed by atoms with Crippen molar-refractivity contribution in [2.75, 3.05) is 7.11 Å². The summed E-state index contributed by atoms with van der Waals surface area (Å²) in [7, 11) is 1.45. The summed E-state index contributed by atoms with van der Waals surface area (Å²) in [5, 5.41) is 18.1. The van der Waals surface area contributed by atoms with E-state index in [1.807, 2.05) is 6.07 Å². The lowest BCUT2D eigenvalue weighted by atomic mass is 10.0. The van der Waals surface area contributed by atoms with Gasteiger partial charge in [0.2, 0.25) is 0 Å². The molecule has 0 saturated carbocycles. The van der Waals surface area contributed by atoms with E-state index in [0.29, 0.717) is 16.9 Å². The number of benzene rings is 2. The lowest BCUT2D eigenvalue weighted by Crippen LogP contribution is -1.99. The molecule has 0 unspecified atom stereocenters. The van der Waals surface area contributed by atoms with E-state index in [2.05, 4.69) is 0 Å². The number of carboxylic acid groups (broad SMARTS) is 1. The molecule has 5 heteroatoms. The first-order valence-corrected chi connectivity index (χ1v) is 6.06. The zero-order valence-electron chi connectivity index (χ0n) is 10.6. The summed E-state index contributed by atoms with van der Waals surface area (Å²) in [5.74, 6) is -0.698. The maximum atomic E-state index is 11.0. The number of methoxy groups -OCH3 is 1. The van der Waals surface area contributed by atoms with Crippen LogP contribution < -0.4 is 4.74 Å². The summed E-state index contributed by atoms with van der Waals surface area (Å²) in [6, 6.07) is 11.6. The topological polar surface area (TPSA) is 70.3 Å². The van der Waals surface area contributed by atoms with Crippen LogP contribution >= 0.6 is 11.6 Å². The number of aromatic carboxylic acids is 1. The minimum Gasteiger partial charge on any atom is -0.496 e. The second-order valence-electron chi connectivity index (χ2n) is 4.03. The van der Waals surface area contributed by atoms with Gasteiger partial charge in [0.15, 0.2) is 0 Å². The van der Waals surface area contributed by atoms with Gasteiger partial charge in [0.1, 0.15) is 5.75 Å². The van der Waals surface area contributed by atoms with Crippen LogP contribution in [0.4, 0.5) is 0 Å². The van der Waals surface area contributed by atoms with Gasteiger partial charge in [-0.2, -0.15) is 5.26 Å². The third-order valence-electron chi connectivity index (χ3n) is 2.82. The molecule has 0 saturated heterocycles. The van der Waals surface area contributed by atoms with Crippen LogP contribution in [0.5, 0.6) is 5.75 Å². The minimum atomic E-state index is -1.07. The van der Waals surface area contributed by atoms with Gasteiger partial charge in [-0.3, -0.25) is 0 Å². The number of hydrogen-bond acceptors (Lipinski definition) is 3. The van der Waals surface area contributed by atoms with Crippen LogP contribution in [0.2, 0.25) is 5.02 Å². The number of nitriles is 1. The van der Waals surface area contributed by atoms with Crippen molar-refractivity contribution in [3.05, 3.63) is 52.5 Å². The predicted molar refractivity (Wildman–Crippen MR) is 75.1 cm³/mol. The van der Waals surface area contributed by atoms with Crippen LogP contribution in [-0.2, 0) is 0 Å². The van der Waals surface area contributed by atoms with Crippen molar-refractivity contribution < 1.29 is 14.6 Å². The van der Waals surface area contributed by atoms with Crippen LogP contribution in [0.1, 0.15) is 15.9 Å². The first-order chi connectivity index (χ1) is 9.56. The minimum absolute atomic E-state index is 0.0595. The van der Waals surface area contributed by atoms with E-state index in [-0.39, 0.29) is 10.6 Å². The van der Waals surface area contributed by atoms with Crippen LogP contribution in [0, 0.1) is 11.3 Å². The highest BCUT2D eigenvalue weighted by Crippen LogP contribution is 2.37. The van der Waals surface area contributed by atoms with E-state index in [9.17, 15) is 4.79 Å². The zero-order valence-corrected chi connectivity index (χ0v) is 11.3. The normalized spacial score (nSPS) is 9.85. The highest BCUT2D eigenvalue weighted by Gasteiger charge is 2.15. The molecule has 0 heterocycles. The lowest BCUT2D eigenvalue weighted by molar-refractivity contribution is 0.0696. The fourth-order valence-corrected chi connectivity index (χ4v) is 2.18. The molecule has 0 radical (unpaired) electrons. The van der Waals surface area contributed by atoms with Gasteiger partial charge in [0.05, 0.1) is 29.3 Å². The summed E-state index contributed by atoms with van der Waals surface area (Å²) >= 11 is 6.16. The summed E-state index contributed by atoms with van der Waals surface area (Å²) in [4.78, 5) is 11.0. The number of halogens is 1. The number of ether oxygens (including phenoxy) is 1. The van der Waals surface area contributed by atoms with Gasteiger partial charge in [0, 0.05) is 5.56 Å². The maximum absolute atomic E-state index is 11.0. The van der Waals surface area contributed by atoms with Crippen molar-refractivity contribution in [2.24, 2.45) is 0 Å². The molecule has 0 aromatic heterocycles. The third kappa shape index (κ3) is 2.58. The predicted octanol–water partition coefficient (Wildman–Crippen LogP) is 3.59.